The van der Waals surface area contributed by atoms with E-state index >= 15 is 0 Å². The normalized spacial score (nSPS) is 14.8. The summed E-state index contributed by atoms with van der Waals surface area (Å²) < 4.78 is 0. The second kappa shape index (κ2) is 6.70. The van der Waals surface area contributed by atoms with E-state index in [-0.39, 0.29) is 0 Å². The number of amidine groups is 1. The quantitative estimate of drug-likeness (QED) is 0.798. The Morgan fingerprint density at radius 3 is 2.71 bits per heavy atom. The van der Waals surface area contributed by atoms with E-state index in [1.807, 2.05) is 0 Å². The molecule has 1 heterocycles. The van der Waals surface area contributed by atoms with E-state index in [1.54, 1.807) is 11.8 Å². The van der Waals surface area contributed by atoms with Crippen LogP contribution in [0.2, 0.25) is 0 Å². The first-order valence-corrected chi connectivity index (χ1v) is 7.40. The number of unbranched alkanes of at least 4 members (excludes halogenated alkanes) is 2. The van der Waals surface area contributed by atoms with Crippen molar-refractivity contribution < 1.29 is 0 Å². The first-order valence-electron chi connectivity index (χ1n) is 6.41. The van der Waals surface area contributed by atoms with E-state index < -0.39 is 0 Å². The fourth-order valence-corrected chi connectivity index (χ4v) is 2.62. The van der Waals surface area contributed by atoms with Crippen molar-refractivity contribution in [3.63, 3.8) is 0 Å². The number of thioether (sulfide) groups is 1. The van der Waals surface area contributed by atoms with E-state index in [4.69, 9.17) is 0 Å². The molecule has 2 nitrogen and oxygen atoms in total. The maximum Gasteiger partial charge on any atom is 0.161 e. The molecule has 0 spiro atoms. The lowest BCUT2D eigenvalue weighted by Gasteiger charge is -2.06. The third-order valence-corrected chi connectivity index (χ3v) is 3.75. The summed E-state index contributed by atoms with van der Waals surface area (Å²) in [4.78, 5) is 4.38. The predicted octanol–water partition coefficient (Wildman–Crippen LogP) is 3.93. The van der Waals surface area contributed by atoms with Crippen LogP contribution in [0.15, 0.2) is 29.3 Å². The highest BCUT2D eigenvalue weighted by molar-refractivity contribution is 8.14. The maximum absolute atomic E-state index is 4.38. The van der Waals surface area contributed by atoms with Crippen LogP contribution in [0.25, 0.3) is 0 Å². The predicted molar refractivity (Wildman–Crippen MR) is 78.1 cm³/mol. The van der Waals surface area contributed by atoms with E-state index in [9.17, 15) is 0 Å². The van der Waals surface area contributed by atoms with Crippen molar-refractivity contribution in [2.24, 2.45) is 4.99 Å². The SMILES string of the molecule is CCCCCc1ccc(NC2=NCCS2)cc1. The lowest BCUT2D eigenvalue weighted by molar-refractivity contribution is 0.717. The van der Waals surface area contributed by atoms with Crippen LogP contribution in [0, 0.1) is 0 Å². The van der Waals surface area contributed by atoms with Gasteiger partial charge in [0.05, 0.1) is 6.54 Å². The van der Waals surface area contributed by atoms with Gasteiger partial charge in [-0.15, -0.1) is 0 Å². The molecule has 0 saturated carbocycles. The van der Waals surface area contributed by atoms with E-state index in [1.165, 1.54) is 31.2 Å². The van der Waals surface area contributed by atoms with Crippen molar-refractivity contribution in [1.82, 2.24) is 0 Å². The summed E-state index contributed by atoms with van der Waals surface area (Å²) in [5.74, 6) is 1.11. The zero-order chi connectivity index (χ0) is 11.9. The second-order valence-electron chi connectivity index (χ2n) is 4.31. The molecule has 1 aliphatic heterocycles. The molecule has 0 aromatic heterocycles. The van der Waals surface area contributed by atoms with Crippen molar-refractivity contribution >= 4 is 22.6 Å². The highest BCUT2D eigenvalue weighted by Crippen LogP contribution is 2.17. The third-order valence-electron chi connectivity index (χ3n) is 2.86. The van der Waals surface area contributed by atoms with Crippen molar-refractivity contribution in [2.45, 2.75) is 32.6 Å². The molecule has 3 heteroatoms. The van der Waals surface area contributed by atoms with Gasteiger partial charge >= 0.3 is 0 Å². The molecule has 0 saturated heterocycles. The Morgan fingerprint density at radius 2 is 2.06 bits per heavy atom. The van der Waals surface area contributed by atoms with E-state index in [0.717, 1.165) is 23.2 Å². The lowest BCUT2D eigenvalue weighted by Crippen LogP contribution is -2.04. The van der Waals surface area contributed by atoms with E-state index in [2.05, 4.69) is 41.5 Å². The van der Waals surface area contributed by atoms with Gasteiger partial charge in [-0.3, -0.25) is 4.99 Å². The van der Waals surface area contributed by atoms with Crippen LogP contribution in [0.5, 0.6) is 0 Å². The zero-order valence-corrected chi connectivity index (χ0v) is 11.2. The summed E-state index contributed by atoms with van der Waals surface area (Å²) >= 11 is 1.80. The number of aryl methyl sites for hydroxylation is 1. The largest absolute Gasteiger partial charge is 0.335 e. The number of hydrogen-bond acceptors (Lipinski definition) is 3. The molecule has 1 aromatic carbocycles. The molecule has 0 amide bonds. The number of rotatable bonds is 5. The molecule has 1 aliphatic rings. The highest BCUT2D eigenvalue weighted by atomic mass is 32.2. The van der Waals surface area contributed by atoms with Gasteiger partial charge in [0.25, 0.3) is 0 Å². The number of benzene rings is 1. The summed E-state index contributed by atoms with van der Waals surface area (Å²) in [5.41, 5.74) is 2.59. The molecule has 92 valence electrons. The number of anilines is 1. The Hall–Kier alpha value is -0.960. The van der Waals surface area contributed by atoms with Crippen LogP contribution in [-0.4, -0.2) is 17.5 Å². The lowest BCUT2D eigenvalue weighted by atomic mass is 10.1. The molecule has 0 aliphatic carbocycles. The van der Waals surface area contributed by atoms with Gasteiger partial charge < -0.3 is 5.32 Å². The molecule has 0 bridgehead atoms. The Labute approximate surface area is 108 Å². The molecule has 1 aromatic rings. The summed E-state index contributed by atoms with van der Waals surface area (Å²) in [5, 5.41) is 4.41. The molecule has 0 atom stereocenters. The van der Waals surface area contributed by atoms with Gasteiger partial charge in [0.1, 0.15) is 0 Å². The minimum Gasteiger partial charge on any atom is -0.335 e. The van der Waals surface area contributed by atoms with Crippen LogP contribution in [0.3, 0.4) is 0 Å². The van der Waals surface area contributed by atoms with E-state index in [0.29, 0.717) is 0 Å². The molecular weight excluding hydrogens is 228 g/mol. The van der Waals surface area contributed by atoms with Gasteiger partial charge in [-0.2, -0.15) is 0 Å². The Morgan fingerprint density at radius 1 is 1.24 bits per heavy atom. The van der Waals surface area contributed by atoms with Gasteiger partial charge in [0.2, 0.25) is 0 Å². The topological polar surface area (TPSA) is 24.4 Å². The van der Waals surface area contributed by atoms with Crippen LogP contribution in [0.1, 0.15) is 31.7 Å². The fourth-order valence-electron chi connectivity index (χ4n) is 1.87. The third kappa shape index (κ3) is 4.08. The Kier molecular flexibility index (Phi) is 4.92. The summed E-state index contributed by atoms with van der Waals surface area (Å²) in [6.07, 6.45) is 5.11. The van der Waals surface area contributed by atoms with Crippen LogP contribution in [0.4, 0.5) is 5.69 Å². The minimum absolute atomic E-state index is 0.947. The molecule has 0 fully saturated rings. The summed E-state index contributed by atoms with van der Waals surface area (Å²) in [7, 11) is 0. The second-order valence-corrected chi connectivity index (χ2v) is 5.40. The average molecular weight is 248 g/mol. The molecule has 17 heavy (non-hydrogen) atoms. The van der Waals surface area contributed by atoms with Crippen LogP contribution in [-0.2, 0) is 6.42 Å². The van der Waals surface area contributed by atoms with Crippen molar-refractivity contribution in [2.75, 3.05) is 17.6 Å². The molecule has 0 radical (unpaired) electrons. The van der Waals surface area contributed by atoms with Crippen molar-refractivity contribution in [3.05, 3.63) is 29.8 Å². The van der Waals surface area contributed by atoms with Gasteiger partial charge in [-0.05, 0) is 30.5 Å². The van der Waals surface area contributed by atoms with Gasteiger partial charge in [-0.1, -0.05) is 43.7 Å². The first-order chi connectivity index (χ1) is 8.38. The van der Waals surface area contributed by atoms with Gasteiger partial charge in [-0.25, -0.2) is 0 Å². The average Bonchev–Trinajstić information content (AvgIpc) is 2.85. The van der Waals surface area contributed by atoms with Gasteiger partial charge in [0, 0.05) is 11.4 Å². The van der Waals surface area contributed by atoms with Crippen molar-refractivity contribution in [3.8, 4) is 0 Å². The molecule has 0 unspecified atom stereocenters. The molecule has 2 rings (SSSR count). The number of nitrogens with zero attached hydrogens (tertiary/aromatic N) is 1. The number of aliphatic imine (C=N–C) groups is 1. The van der Waals surface area contributed by atoms with Crippen LogP contribution >= 0.6 is 11.8 Å². The highest BCUT2D eigenvalue weighted by Gasteiger charge is 2.06. The number of nitrogens with one attached hydrogen (secondary N) is 1. The molecular formula is C14H20N2S. The monoisotopic (exact) mass is 248 g/mol. The number of hydrogen-bond donors (Lipinski definition) is 1. The van der Waals surface area contributed by atoms with Crippen molar-refractivity contribution in [1.29, 1.82) is 0 Å². The molecule has 1 N–H and O–H groups in total. The first kappa shape index (κ1) is 12.5. The smallest absolute Gasteiger partial charge is 0.161 e. The summed E-state index contributed by atoms with van der Waals surface area (Å²) in [6, 6.07) is 8.75. The summed E-state index contributed by atoms with van der Waals surface area (Å²) in [6.45, 7) is 3.19. The fraction of sp³-hybridized carbons (Fsp3) is 0.500. The standard InChI is InChI=1S/C14H20N2S/c1-2-3-4-5-12-6-8-13(9-7-12)16-14-15-10-11-17-14/h6-9H,2-5,10-11H2,1H3,(H,15,16). The Bertz CT molecular complexity index is 370. The van der Waals surface area contributed by atoms with Gasteiger partial charge in [0.15, 0.2) is 5.17 Å². The Balaban J connectivity index is 1.84. The minimum atomic E-state index is 0.947. The maximum atomic E-state index is 4.38. The van der Waals surface area contributed by atoms with Crippen LogP contribution < -0.4 is 5.32 Å². The zero-order valence-electron chi connectivity index (χ0n) is 10.4.